The van der Waals surface area contributed by atoms with E-state index in [0.29, 0.717) is 31.9 Å². The predicted octanol–water partition coefficient (Wildman–Crippen LogP) is 5.51. The van der Waals surface area contributed by atoms with Gasteiger partial charge in [0.05, 0.1) is 12.6 Å². The average molecular weight is 525 g/mol. The zero-order chi connectivity index (χ0) is 27.2. The molecule has 8 nitrogen and oxygen atoms in total. The van der Waals surface area contributed by atoms with Gasteiger partial charge in [0.15, 0.2) is 0 Å². The maximum absolute atomic E-state index is 12.2. The summed E-state index contributed by atoms with van der Waals surface area (Å²) in [6.45, 7) is 7.69. The lowest BCUT2D eigenvalue weighted by molar-refractivity contribution is -0.0223. The Morgan fingerprint density at radius 1 is 1.26 bits per heavy atom. The van der Waals surface area contributed by atoms with E-state index in [1.807, 2.05) is 31.4 Å². The number of aryl methyl sites for hydroxylation is 1. The highest BCUT2D eigenvalue weighted by molar-refractivity contribution is 6.03. The fourth-order valence-electron chi connectivity index (χ4n) is 4.59. The fraction of sp³-hybridized carbons (Fsp3) is 0.533. The van der Waals surface area contributed by atoms with Gasteiger partial charge in [-0.2, -0.15) is 0 Å². The number of nitrogens with one attached hydrogen (secondary N) is 2. The molecule has 3 rings (SSSR count). The molecule has 1 aliphatic heterocycles. The summed E-state index contributed by atoms with van der Waals surface area (Å²) in [6.07, 6.45) is 12.7. The molecule has 0 saturated carbocycles. The number of ether oxygens (including phenoxy) is 2. The number of amides is 1. The maximum Gasteiger partial charge on any atom is 0.407 e. The van der Waals surface area contributed by atoms with Gasteiger partial charge in [-0.1, -0.05) is 37.3 Å². The van der Waals surface area contributed by atoms with E-state index in [1.165, 1.54) is 5.56 Å². The molecule has 8 heteroatoms. The van der Waals surface area contributed by atoms with Gasteiger partial charge in [0.2, 0.25) is 0 Å². The number of alkyl carbamates (subject to hydrolysis) is 1. The van der Waals surface area contributed by atoms with Crippen molar-refractivity contribution in [3.8, 4) is 0 Å². The number of allylic oxidation sites excluding steroid dienone is 3. The first kappa shape index (κ1) is 29.3. The van der Waals surface area contributed by atoms with Crippen molar-refractivity contribution in [1.82, 2.24) is 10.2 Å². The van der Waals surface area contributed by atoms with E-state index in [1.54, 1.807) is 0 Å². The van der Waals surface area contributed by atoms with Crippen molar-refractivity contribution in [2.75, 3.05) is 51.8 Å². The molecule has 1 amide bonds. The third kappa shape index (κ3) is 9.24. The molecular weight excluding hydrogens is 480 g/mol. The molecule has 1 saturated heterocycles. The molecule has 3 N–H and O–H groups in total. The summed E-state index contributed by atoms with van der Waals surface area (Å²) in [4.78, 5) is 19.5. The molecule has 0 spiro atoms. The SMILES string of the molecule is CCCN(CCCNC(=O)OCC1CCCCO1)C(=NCC1=C(O)CC=CC=C1)c1ccc(C)cc1NC. The van der Waals surface area contributed by atoms with Crippen LogP contribution in [-0.4, -0.2) is 74.5 Å². The lowest BCUT2D eigenvalue weighted by atomic mass is 10.1. The molecule has 2 aliphatic rings. The van der Waals surface area contributed by atoms with E-state index in [-0.39, 0.29) is 6.10 Å². The van der Waals surface area contributed by atoms with Crippen LogP contribution in [0.25, 0.3) is 0 Å². The Bertz CT molecular complexity index is 1030. The van der Waals surface area contributed by atoms with Crippen molar-refractivity contribution in [2.45, 2.75) is 58.5 Å². The summed E-state index contributed by atoms with van der Waals surface area (Å²) >= 11 is 0. The van der Waals surface area contributed by atoms with Gasteiger partial charge in [-0.05, 0) is 56.7 Å². The minimum Gasteiger partial charge on any atom is -0.512 e. The van der Waals surface area contributed by atoms with Crippen molar-refractivity contribution >= 4 is 17.6 Å². The number of aliphatic hydroxyl groups is 1. The highest BCUT2D eigenvalue weighted by Crippen LogP contribution is 2.22. The quantitative estimate of drug-likeness (QED) is 0.190. The number of hydrogen-bond acceptors (Lipinski definition) is 6. The number of hydrogen-bond donors (Lipinski definition) is 3. The average Bonchev–Trinajstić information content (AvgIpc) is 3.14. The van der Waals surface area contributed by atoms with Gasteiger partial charge in [0.25, 0.3) is 0 Å². The zero-order valence-corrected chi connectivity index (χ0v) is 23.2. The van der Waals surface area contributed by atoms with Crippen LogP contribution in [0.4, 0.5) is 10.5 Å². The summed E-state index contributed by atoms with van der Waals surface area (Å²) in [5.41, 5.74) is 4.00. The number of aliphatic imine (C=N–C) groups is 1. The molecular formula is C30H44N4O4. The van der Waals surface area contributed by atoms with Gasteiger partial charge in [-0.15, -0.1) is 0 Å². The van der Waals surface area contributed by atoms with E-state index in [2.05, 4.69) is 47.6 Å². The first-order valence-corrected chi connectivity index (χ1v) is 13.9. The Morgan fingerprint density at radius 3 is 2.89 bits per heavy atom. The van der Waals surface area contributed by atoms with E-state index in [4.69, 9.17) is 14.5 Å². The number of benzene rings is 1. The third-order valence-corrected chi connectivity index (χ3v) is 6.65. The van der Waals surface area contributed by atoms with Crippen molar-refractivity contribution < 1.29 is 19.4 Å². The maximum atomic E-state index is 12.2. The number of aliphatic hydroxyl groups excluding tert-OH is 1. The third-order valence-electron chi connectivity index (χ3n) is 6.65. The van der Waals surface area contributed by atoms with Crippen LogP contribution in [0, 0.1) is 6.92 Å². The largest absolute Gasteiger partial charge is 0.512 e. The second-order valence-corrected chi connectivity index (χ2v) is 9.76. The zero-order valence-electron chi connectivity index (χ0n) is 23.2. The highest BCUT2D eigenvalue weighted by Gasteiger charge is 2.18. The van der Waals surface area contributed by atoms with E-state index >= 15 is 0 Å². The van der Waals surface area contributed by atoms with Gasteiger partial charge in [0.1, 0.15) is 18.2 Å². The van der Waals surface area contributed by atoms with Gasteiger partial charge in [-0.3, -0.25) is 4.99 Å². The van der Waals surface area contributed by atoms with Crippen LogP contribution < -0.4 is 10.6 Å². The number of nitrogens with zero attached hydrogens (tertiary/aromatic N) is 2. The number of carbonyl (C=O) groups is 1. The van der Waals surface area contributed by atoms with Gasteiger partial charge in [-0.25, -0.2) is 4.79 Å². The van der Waals surface area contributed by atoms with Gasteiger partial charge < -0.3 is 30.1 Å². The molecule has 1 aromatic rings. The standard InChI is InChI=1S/C30H44N4O4/c1-4-17-34(18-10-16-32-30(36)38-22-25-12-8-9-19-37-25)29(26-15-14-23(2)20-27(26)31-3)33-21-24-11-6-5-7-13-28(24)35/h5-7,11,14-15,20,25,31,35H,4,8-10,12-13,16-19,21-22H2,1-3H3,(H,32,36). The molecule has 38 heavy (non-hydrogen) atoms. The number of anilines is 1. The minimum atomic E-state index is -0.401. The van der Waals surface area contributed by atoms with Crippen LogP contribution in [0.3, 0.4) is 0 Å². The summed E-state index contributed by atoms with van der Waals surface area (Å²) < 4.78 is 11.0. The molecule has 1 fully saturated rings. The Labute approximate surface area is 227 Å². The Balaban J connectivity index is 1.68. The van der Waals surface area contributed by atoms with Crippen LogP contribution in [-0.2, 0) is 9.47 Å². The van der Waals surface area contributed by atoms with Crippen molar-refractivity contribution in [3.05, 3.63) is 65.0 Å². The van der Waals surface area contributed by atoms with E-state index in [9.17, 15) is 9.90 Å². The number of rotatable bonds is 12. The van der Waals surface area contributed by atoms with E-state index < -0.39 is 6.09 Å². The number of carbonyl (C=O) groups excluding carboxylic acids is 1. The Morgan fingerprint density at radius 2 is 2.13 bits per heavy atom. The van der Waals surface area contributed by atoms with Crippen LogP contribution in [0.2, 0.25) is 0 Å². The lowest BCUT2D eigenvalue weighted by Crippen LogP contribution is -2.37. The predicted molar refractivity (Wildman–Crippen MR) is 154 cm³/mol. The molecule has 0 radical (unpaired) electrons. The molecule has 208 valence electrons. The van der Waals surface area contributed by atoms with Crippen LogP contribution in [0.1, 0.15) is 56.6 Å². The molecule has 1 heterocycles. The second kappa shape index (κ2) is 15.9. The Hall–Kier alpha value is -3.26. The second-order valence-electron chi connectivity index (χ2n) is 9.76. The molecule has 1 aliphatic carbocycles. The van der Waals surface area contributed by atoms with Crippen LogP contribution in [0.5, 0.6) is 0 Å². The molecule has 1 atom stereocenters. The van der Waals surface area contributed by atoms with Gasteiger partial charge >= 0.3 is 6.09 Å². The van der Waals surface area contributed by atoms with Gasteiger partial charge in [0, 0.05) is 56.5 Å². The van der Waals surface area contributed by atoms with Crippen molar-refractivity contribution in [1.29, 1.82) is 0 Å². The summed E-state index contributed by atoms with van der Waals surface area (Å²) in [5, 5.41) is 16.7. The normalized spacial score (nSPS) is 17.8. The monoisotopic (exact) mass is 524 g/mol. The van der Waals surface area contributed by atoms with Crippen molar-refractivity contribution in [2.24, 2.45) is 4.99 Å². The lowest BCUT2D eigenvalue weighted by Gasteiger charge is -2.28. The smallest absolute Gasteiger partial charge is 0.407 e. The Kier molecular flexibility index (Phi) is 12.2. The summed E-state index contributed by atoms with van der Waals surface area (Å²) in [6, 6.07) is 6.31. The van der Waals surface area contributed by atoms with Crippen LogP contribution in [0.15, 0.2) is 58.8 Å². The first-order valence-electron chi connectivity index (χ1n) is 13.9. The topological polar surface area (TPSA) is 95.4 Å². The molecule has 0 aromatic heterocycles. The summed E-state index contributed by atoms with van der Waals surface area (Å²) in [5.74, 6) is 1.22. The molecule has 1 aromatic carbocycles. The molecule has 1 unspecified atom stereocenters. The van der Waals surface area contributed by atoms with Crippen LogP contribution >= 0.6 is 0 Å². The highest BCUT2D eigenvalue weighted by atomic mass is 16.6. The van der Waals surface area contributed by atoms with Crippen molar-refractivity contribution in [3.63, 3.8) is 0 Å². The van der Waals surface area contributed by atoms with E-state index in [0.717, 1.165) is 74.5 Å². The fourth-order valence-corrected chi connectivity index (χ4v) is 4.59. The summed E-state index contributed by atoms with van der Waals surface area (Å²) in [7, 11) is 1.92. The number of amidine groups is 1. The first-order chi connectivity index (χ1) is 18.5. The molecule has 0 bridgehead atoms. The minimum absolute atomic E-state index is 0.0119.